The third-order valence-corrected chi connectivity index (χ3v) is 3.91. The molecule has 0 aliphatic carbocycles. The minimum absolute atomic E-state index is 0.0373. The molecular weight excluding hydrogens is 240 g/mol. The van der Waals surface area contributed by atoms with Crippen molar-refractivity contribution in [2.45, 2.75) is 0 Å². The first-order valence-corrected chi connectivity index (χ1v) is 7.20. The number of amides is 1. The van der Waals surface area contributed by atoms with E-state index < -0.39 is 10.0 Å². The van der Waals surface area contributed by atoms with Crippen molar-refractivity contribution in [1.82, 2.24) is 9.21 Å². The van der Waals surface area contributed by atoms with Crippen molar-refractivity contribution in [3.05, 3.63) is 25.3 Å². The summed E-state index contributed by atoms with van der Waals surface area (Å²) < 4.78 is 23.6. The molecule has 1 aliphatic rings. The Morgan fingerprint density at radius 1 is 1.35 bits per heavy atom. The molecule has 1 saturated heterocycles. The van der Waals surface area contributed by atoms with Crippen molar-refractivity contribution < 1.29 is 13.2 Å². The van der Waals surface area contributed by atoms with E-state index in [0.29, 0.717) is 13.1 Å². The zero-order valence-corrected chi connectivity index (χ0v) is 10.8. The molecule has 1 rings (SSSR count). The highest BCUT2D eigenvalue weighted by molar-refractivity contribution is 7.88. The third kappa shape index (κ3) is 3.41. The molecule has 0 aromatic heterocycles. The van der Waals surface area contributed by atoms with Gasteiger partial charge in [-0.1, -0.05) is 12.2 Å². The highest BCUT2D eigenvalue weighted by Crippen LogP contribution is 2.20. The van der Waals surface area contributed by atoms with Gasteiger partial charge in [0.2, 0.25) is 15.9 Å². The van der Waals surface area contributed by atoms with Crippen LogP contribution in [-0.4, -0.2) is 56.0 Å². The first-order chi connectivity index (χ1) is 7.90. The van der Waals surface area contributed by atoms with E-state index in [-0.39, 0.29) is 24.9 Å². The monoisotopic (exact) mass is 258 g/mol. The molecule has 1 heterocycles. The van der Waals surface area contributed by atoms with E-state index >= 15 is 0 Å². The summed E-state index contributed by atoms with van der Waals surface area (Å²) in [4.78, 5) is 13.6. The molecular formula is C11H18N2O3S. The Kier molecular flexibility index (Phi) is 4.47. The summed E-state index contributed by atoms with van der Waals surface area (Å²) in [5.41, 5.74) is 0. The average Bonchev–Trinajstić information content (AvgIpc) is 2.12. The van der Waals surface area contributed by atoms with Crippen LogP contribution in [0.3, 0.4) is 0 Å². The largest absolute Gasteiger partial charge is 0.335 e. The molecule has 0 N–H and O–H groups in total. The summed E-state index contributed by atoms with van der Waals surface area (Å²) in [5, 5.41) is 0. The molecule has 1 fully saturated rings. The van der Waals surface area contributed by atoms with Crippen molar-refractivity contribution in [3.8, 4) is 0 Å². The summed E-state index contributed by atoms with van der Waals surface area (Å²) in [7, 11) is -3.16. The number of hydrogen-bond acceptors (Lipinski definition) is 3. The van der Waals surface area contributed by atoms with Gasteiger partial charge in [0, 0.05) is 26.2 Å². The van der Waals surface area contributed by atoms with Crippen LogP contribution >= 0.6 is 0 Å². The maximum atomic E-state index is 12.0. The van der Waals surface area contributed by atoms with Gasteiger partial charge in [-0.3, -0.25) is 4.79 Å². The van der Waals surface area contributed by atoms with Crippen LogP contribution in [0.2, 0.25) is 0 Å². The zero-order chi connectivity index (χ0) is 13.1. The lowest BCUT2D eigenvalue weighted by atomic mass is 10.0. The smallest absolute Gasteiger partial charge is 0.228 e. The average molecular weight is 258 g/mol. The van der Waals surface area contributed by atoms with Gasteiger partial charge in [-0.25, -0.2) is 12.7 Å². The number of hydrogen-bond donors (Lipinski definition) is 0. The minimum Gasteiger partial charge on any atom is -0.335 e. The van der Waals surface area contributed by atoms with Crippen LogP contribution in [0, 0.1) is 5.92 Å². The normalized spacial score (nSPS) is 17.2. The predicted octanol–water partition coefficient (Wildman–Crippen LogP) is 0.0784. The second-order valence-electron chi connectivity index (χ2n) is 4.10. The molecule has 17 heavy (non-hydrogen) atoms. The zero-order valence-electron chi connectivity index (χ0n) is 10.0. The number of rotatable bonds is 6. The van der Waals surface area contributed by atoms with Gasteiger partial charge in [0.05, 0.1) is 12.2 Å². The van der Waals surface area contributed by atoms with E-state index in [9.17, 15) is 13.2 Å². The molecule has 0 spiro atoms. The second-order valence-corrected chi connectivity index (χ2v) is 6.08. The lowest BCUT2D eigenvalue weighted by Crippen LogP contribution is -2.56. The summed E-state index contributed by atoms with van der Waals surface area (Å²) in [5.74, 6) is -0.269. The number of nitrogens with zero attached hydrogens (tertiary/aromatic N) is 2. The quantitative estimate of drug-likeness (QED) is 0.634. The maximum Gasteiger partial charge on any atom is 0.228 e. The van der Waals surface area contributed by atoms with Crippen LogP contribution in [-0.2, 0) is 14.8 Å². The topological polar surface area (TPSA) is 57.7 Å². The van der Waals surface area contributed by atoms with Crippen molar-refractivity contribution in [2.75, 3.05) is 32.4 Å². The summed E-state index contributed by atoms with van der Waals surface area (Å²) in [6.45, 7) is 8.65. The Bertz CT molecular complexity index is 400. The van der Waals surface area contributed by atoms with Crippen LogP contribution in [0.25, 0.3) is 0 Å². The Morgan fingerprint density at radius 3 is 2.18 bits per heavy atom. The molecule has 0 aromatic rings. The highest BCUT2D eigenvalue weighted by Gasteiger charge is 2.39. The standard InChI is InChI=1S/C11H18N2O3S/c1-4-6-12(7-5-2)11(14)10-8-13(9-10)17(3,15)16/h4-5,10H,1-2,6-9H2,3H3. The third-order valence-electron chi connectivity index (χ3n) is 2.68. The van der Waals surface area contributed by atoms with E-state index in [4.69, 9.17) is 0 Å². The molecule has 1 aliphatic heterocycles. The Labute approximate surface area is 102 Å². The van der Waals surface area contributed by atoms with Gasteiger partial charge < -0.3 is 4.90 Å². The van der Waals surface area contributed by atoms with Crippen LogP contribution in [0.4, 0.5) is 0 Å². The van der Waals surface area contributed by atoms with Crippen LogP contribution < -0.4 is 0 Å². The number of carbonyl (C=O) groups is 1. The predicted molar refractivity (Wildman–Crippen MR) is 66.9 cm³/mol. The van der Waals surface area contributed by atoms with E-state index in [2.05, 4.69) is 13.2 Å². The van der Waals surface area contributed by atoms with E-state index in [0.717, 1.165) is 6.26 Å². The molecule has 0 unspecified atom stereocenters. The molecule has 5 nitrogen and oxygen atoms in total. The molecule has 6 heteroatoms. The van der Waals surface area contributed by atoms with E-state index in [1.54, 1.807) is 17.1 Å². The van der Waals surface area contributed by atoms with Crippen LogP contribution in [0.5, 0.6) is 0 Å². The first kappa shape index (κ1) is 13.9. The van der Waals surface area contributed by atoms with Gasteiger partial charge in [-0.05, 0) is 0 Å². The molecule has 0 aromatic carbocycles. The van der Waals surface area contributed by atoms with Gasteiger partial charge in [-0.15, -0.1) is 13.2 Å². The number of sulfonamides is 1. The summed E-state index contributed by atoms with van der Waals surface area (Å²) >= 11 is 0. The molecule has 1 amide bonds. The van der Waals surface area contributed by atoms with Crippen LogP contribution in [0.1, 0.15) is 0 Å². The minimum atomic E-state index is -3.16. The van der Waals surface area contributed by atoms with Crippen LogP contribution in [0.15, 0.2) is 25.3 Å². The summed E-state index contributed by atoms with van der Waals surface area (Å²) in [6.07, 6.45) is 4.45. The van der Waals surface area contributed by atoms with Crippen molar-refractivity contribution >= 4 is 15.9 Å². The van der Waals surface area contributed by atoms with Gasteiger partial charge in [0.25, 0.3) is 0 Å². The SMILES string of the molecule is C=CCN(CC=C)C(=O)C1CN(S(C)(=O)=O)C1. The van der Waals surface area contributed by atoms with Crippen molar-refractivity contribution in [2.24, 2.45) is 5.92 Å². The lowest BCUT2D eigenvalue weighted by Gasteiger charge is -2.38. The molecule has 0 saturated carbocycles. The molecule has 96 valence electrons. The van der Waals surface area contributed by atoms with Crippen molar-refractivity contribution in [3.63, 3.8) is 0 Å². The second kappa shape index (κ2) is 5.46. The maximum absolute atomic E-state index is 12.0. The molecule has 0 atom stereocenters. The lowest BCUT2D eigenvalue weighted by molar-refractivity contribution is -0.137. The highest BCUT2D eigenvalue weighted by atomic mass is 32.2. The van der Waals surface area contributed by atoms with Gasteiger partial charge in [-0.2, -0.15) is 0 Å². The van der Waals surface area contributed by atoms with E-state index in [1.807, 2.05) is 0 Å². The summed E-state index contributed by atoms with van der Waals surface area (Å²) in [6, 6.07) is 0. The Morgan fingerprint density at radius 2 is 1.82 bits per heavy atom. The van der Waals surface area contributed by atoms with Gasteiger partial charge >= 0.3 is 0 Å². The fraction of sp³-hybridized carbons (Fsp3) is 0.545. The first-order valence-electron chi connectivity index (χ1n) is 5.35. The van der Waals surface area contributed by atoms with Gasteiger partial charge in [0.15, 0.2) is 0 Å². The Balaban J connectivity index is 2.55. The Hall–Kier alpha value is -1.14. The van der Waals surface area contributed by atoms with Crippen molar-refractivity contribution in [1.29, 1.82) is 0 Å². The molecule has 0 radical (unpaired) electrons. The fourth-order valence-corrected chi connectivity index (χ4v) is 2.59. The fourth-order valence-electron chi connectivity index (χ4n) is 1.69. The van der Waals surface area contributed by atoms with E-state index in [1.165, 1.54) is 4.31 Å². The molecule has 0 bridgehead atoms. The van der Waals surface area contributed by atoms with Gasteiger partial charge in [0.1, 0.15) is 0 Å². The number of carbonyl (C=O) groups excluding carboxylic acids is 1.